The summed E-state index contributed by atoms with van der Waals surface area (Å²) in [5.74, 6) is 0.480. The second kappa shape index (κ2) is 8.12. The number of rotatable bonds is 4. The number of allylic oxidation sites excluding steroid dienone is 1. The van der Waals surface area contributed by atoms with Gasteiger partial charge in [-0.1, -0.05) is 19.1 Å². The highest BCUT2D eigenvalue weighted by molar-refractivity contribution is 6.03. The standard InChI is InChI=1S/C26H30FN3O3/c1-26-12-10-16-15-4-3-5-21(27)17(15)6-7-18(16)24(26)19(20(14-31)25(26)33)8-9-23(32)28-22-11-13-30(2)29-22/h3-5,11,13-14,16,18-19,24,31H,6-10,12H2,1-2H3,(H,28,29,32)/b20-14-/t16?,18?,19-,24?,26+/m1/s1. The molecular weight excluding hydrogens is 421 g/mol. The molecule has 5 atom stereocenters. The Morgan fingerprint density at radius 3 is 2.91 bits per heavy atom. The molecule has 1 heterocycles. The Hall–Kier alpha value is -2.96. The van der Waals surface area contributed by atoms with Crippen LogP contribution in [-0.2, 0) is 23.1 Å². The molecule has 0 spiro atoms. The minimum absolute atomic E-state index is 0.00798. The average molecular weight is 452 g/mol. The van der Waals surface area contributed by atoms with E-state index in [1.54, 1.807) is 30.1 Å². The van der Waals surface area contributed by atoms with Gasteiger partial charge in [-0.25, -0.2) is 4.39 Å². The number of halogens is 1. The van der Waals surface area contributed by atoms with Crippen LogP contribution in [0.3, 0.4) is 0 Å². The number of amides is 1. The van der Waals surface area contributed by atoms with Gasteiger partial charge in [0.1, 0.15) is 5.82 Å². The van der Waals surface area contributed by atoms with Crippen molar-refractivity contribution in [1.29, 1.82) is 0 Å². The monoisotopic (exact) mass is 451 g/mol. The fourth-order valence-electron chi connectivity index (χ4n) is 6.99. The van der Waals surface area contributed by atoms with Crippen molar-refractivity contribution in [2.45, 2.75) is 51.4 Å². The van der Waals surface area contributed by atoms with Crippen molar-refractivity contribution in [3.05, 3.63) is 59.2 Å². The zero-order valence-electron chi connectivity index (χ0n) is 19.1. The van der Waals surface area contributed by atoms with Gasteiger partial charge in [0, 0.05) is 36.7 Å². The largest absolute Gasteiger partial charge is 0.515 e. The number of aliphatic hydroxyl groups excluding tert-OH is 1. The van der Waals surface area contributed by atoms with Crippen LogP contribution in [0.5, 0.6) is 0 Å². The van der Waals surface area contributed by atoms with Crippen molar-refractivity contribution in [2.75, 3.05) is 5.32 Å². The van der Waals surface area contributed by atoms with Gasteiger partial charge >= 0.3 is 0 Å². The molecule has 6 nitrogen and oxygen atoms in total. The molecule has 2 fully saturated rings. The number of aryl methyl sites for hydroxylation is 1. The van der Waals surface area contributed by atoms with Gasteiger partial charge in [-0.15, -0.1) is 0 Å². The Labute approximate surface area is 192 Å². The predicted molar refractivity (Wildman–Crippen MR) is 122 cm³/mol. The first-order chi connectivity index (χ1) is 15.8. The van der Waals surface area contributed by atoms with Crippen LogP contribution in [0.25, 0.3) is 0 Å². The third-order valence-electron chi connectivity index (χ3n) is 8.39. The van der Waals surface area contributed by atoms with Crippen LogP contribution in [0.1, 0.15) is 56.1 Å². The molecule has 2 N–H and O–H groups in total. The summed E-state index contributed by atoms with van der Waals surface area (Å²) >= 11 is 0. The van der Waals surface area contributed by atoms with Crippen LogP contribution in [0.2, 0.25) is 0 Å². The predicted octanol–water partition coefficient (Wildman–Crippen LogP) is 4.68. The highest BCUT2D eigenvalue weighted by Gasteiger charge is 2.60. The summed E-state index contributed by atoms with van der Waals surface area (Å²) in [6, 6.07) is 7.08. The van der Waals surface area contributed by atoms with Crippen molar-refractivity contribution in [3.8, 4) is 0 Å². The number of carbonyl (C=O) groups excluding carboxylic acids is 2. The lowest BCUT2D eigenvalue weighted by Gasteiger charge is -2.49. The van der Waals surface area contributed by atoms with Crippen molar-refractivity contribution in [2.24, 2.45) is 30.2 Å². The molecule has 1 aromatic carbocycles. The van der Waals surface area contributed by atoms with Crippen LogP contribution in [-0.4, -0.2) is 26.6 Å². The van der Waals surface area contributed by atoms with Crippen molar-refractivity contribution >= 4 is 17.5 Å². The second-order valence-corrected chi connectivity index (χ2v) is 10.1. The number of benzene rings is 1. The summed E-state index contributed by atoms with van der Waals surface area (Å²) in [5.41, 5.74) is 1.78. The lowest BCUT2D eigenvalue weighted by molar-refractivity contribution is -0.127. The SMILES string of the molecule is Cn1ccc(NC(=O)CC[C@@H]2/C(=C/O)C(=O)[C@@]3(C)CCC4c5cccc(F)c5CCC4C23)n1. The van der Waals surface area contributed by atoms with Gasteiger partial charge in [-0.05, 0) is 73.0 Å². The Balaban J connectivity index is 1.41. The minimum atomic E-state index is -0.553. The zero-order chi connectivity index (χ0) is 23.3. The summed E-state index contributed by atoms with van der Waals surface area (Å²) in [7, 11) is 1.78. The van der Waals surface area contributed by atoms with Gasteiger partial charge in [0.25, 0.3) is 0 Å². The molecule has 2 saturated carbocycles. The lowest BCUT2D eigenvalue weighted by atomic mass is 9.54. The lowest BCUT2D eigenvalue weighted by Crippen LogP contribution is -2.44. The topological polar surface area (TPSA) is 84.2 Å². The number of hydrogen-bond acceptors (Lipinski definition) is 4. The molecule has 1 amide bonds. The first-order valence-corrected chi connectivity index (χ1v) is 11.8. The summed E-state index contributed by atoms with van der Waals surface area (Å²) in [6.45, 7) is 2.02. The van der Waals surface area contributed by atoms with Gasteiger partial charge in [0.05, 0.1) is 6.26 Å². The summed E-state index contributed by atoms with van der Waals surface area (Å²) < 4.78 is 16.1. The van der Waals surface area contributed by atoms with E-state index in [2.05, 4.69) is 10.4 Å². The van der Waals surface area contributed by atoms with E-state index >= 15 is 0 Å². The fraction of sp³-hybridized carbons (Fsp3) is 0.500. The highest BCUT2D eigenvalue weighted by atomic mass is 19.1. The fourth-order valence-corrected chi connectivity index (χ4v) is 6.99. The molecule has 5 rings (SSSR count). The molecule has 2 aromatic rings. The summed E-state index contributed by atoms with van der Waals surface area (Å²) in [5, 5.41) is 17.0. The van der Waals surface area contributed by atoms with Gasteiger partial charge in [-0.3, -0.25) is 14.3 Å². The number of aromatic nitrogens is 2. The Morgan fingerprint density at radius 2 is 2.18 bits per heavy atom. The molecule has 0 radical (unpaired) electrons. The Morgan fingerprint density at radius 1 is 1.36 bits per heavy atom. The van der Waals surface area contributed by atoms with Crippen LogP contribution >= 0.6 is 0 Å². The van der Waals surface area contributed by atoms with E-state index in [0.717, 1.165) is 30.2 Å². The maximum absolute atomic E-state index is 14.5. The van der Waals surface area contributed by atoms with Crippen LogP contribution in [0, 0.1) is 29.0 Å². The van der Waals surface area contributed by atoms with E-state index in [9.17, 15) is 19.1 Å². The molecule has 0 saturated heterocycles. The Bertz CT molecular complexity index is 1140. The third-order valence-corrected chi connectivity index (χ3v) is 8.39. The van der Waals surface area contributed by atoms with Crippen molar-refractivity contribution in [1.82, 2.24) is 9.78 Å². The molecule has 0 bridgehead atoms. The quantitative estimate of drug-likeness (QED) is 0.522. The molecular formula is C26H30FN3O3. The normalized spacial score (nSPS) is 31.7. The molecule has 0 aliphatic heterocycles. The average Bonchev–Trinajstić information content (AvgIpc) is 3.29. The van der Waals surface area contributed by atoms with E-state index in [1.807, 2.05) is 13.0 Å². The smallest absolute Gasteiger partial charge is 0.225 e. The number of nitrogens with one attached hydrogen (secondary N) is 1. The number of nitrogens with zero attached hydrogens (tertiary/aromatic N) is 2. The van der Waals surface area contributed by atoms with E-state index in [-0.39, 0.29) is 47.6 Å². The van der Waals surface area contributed by atoms with Gasteiger partial charge in [0.15, 0.2) is 11.6 Å². The number of carbonyl (C=O) groups is 2. The van der Waals surface area contributed by atoms with E-state index < -0.39 is 5.41 Å². The van der Waals surface area contributed by atoms with Crippen molar-refractivity contribution in [3.63, 3.8) is 0 Å². The molecule has 3 aliphatic rings. The highest BCUT2D eigenvalue weighted by Crippen LogP contribution is 2.63. The molecule has 174 valence electrons. The van der Waals surface area contributed by atoms with Gasteiger partial charge in [0.2, 0.25) is 5.91 Å². The van der Waals surface area contributed by atoms with E-state index in [0.29, 0.717) is 30.7 Å². The first-order valence-electron chi connectivity index (χ1n) is 11.8. The summed E-state index contributed by atoms with van der Waals surface area (Å²) in [6.07, 6.45) is 6.48. The zero-order valence-corrected chi connectivity index (χ0v) is 19.1. The minimum Gasteiger partial charge on any atom is -0.515 e. The molecule has 33 heavy (non-hydrogen) atoms. The number of ketones is 1. The van der Waals surface area contributed by atoms with E-state index in [4.69, 9.17) is 0 Å². The first kappa shape index (κ1) is 21.9. The third kappa shape index (κ3) is 3.49. The van der Waals surface area contributed by atoms with Gasteiger partial charge < -0.3 is 10.4 Å². The van der Waals surface area contributed by atoms with Crippen molar-refractivity contribution < 1.29 is 19.1 Å². The Kier molecular flexibility index (Phi) is 5.38. The van der Waals surface area contributed by atoms with Crippen LogP contribution in [0.4, 0.5) is 10.2 Å². The number of anilines is 1. The molecule has 7 heteroatoms. The maximum Gasteiger partial charge on any atom is 0.225 e. The molecule has 1 aromatic heterocycles. The summed E-state index contributed by atoms with van der Waals surface area (Å²) in [4.78, 5) is 26.0. The van der Waals surface area contributed by atoms with Crippen LogP contribution in [0.15, 0.2) is 42.3 Å². The van der Waals surface area contributed by atoms with Gasteiger partial charge in [-0.2, -0.15) is 5.10 Å². The number of Topliss-reactive ketones (excluding diaryl/α,β-unsaturated/α-hetero) is 1. The molecule has 3 aliphatic carbocycles. The number of fused-ring (bicyclic) bond motifs is 5. The van der Waals surface area contributed by atoms with E-state index in [1.165, 1.54) is 6.07 Å². The van der Waals surface area contributed by atoms with Crippen LogP contribution < -0.4 is 5.32 Å². The molecule has 3 unspecified atom stereocenters. The second-order valence-electron chi connectivity index (χ2n) is 10.1. The number of hydrogen-bond donors (Lipinski definition) is 2. The number of aliphatic hydroxyl groups is 1. The maximum atomic E-state index is 14.5.